The van der Waals surface area contributed by atoms with Gasteiger partial charge in [-0.2, -0.15) is 0 Å². The molecule has 2 aromatic rings. The Morgan fingerprint density at radius 1 is 1.45 bits per heavy atom. The van der Waals surface area contributed by atoms with E-state index in [0.29, 0.717) is 11.4 Å². The first-order valence-electron chi connectivity index (χ1n) is 6.59. The first-order chi connectivity index (χ1) is 9.70. The van der Waals surface area contributed by atoms with E-state index < -0.39 is 0 Å². The zero-order valence-corrected chi connectivity index (χ0v) is 12.5. The van der Waals surface area contributed by atoms with Gasteiger partial charge in [0.25, 0.3) is 5.91 Å². The van der Waals surface area contributed by atoms with E-state index in [9.17, 15) is 4.79 Å². The van der Waals surface area contributed by atoms with Crippen LogP contribution >= 0.6 is 11.3 Å². The van der Waals surface area contributed by atoms with Gasteiger partial charge in [-0.3, -0.25) is 9.78 Å². The lowest BCUT2D eigenvalue weighted by atomic mass is 10.2. The molecule has 1 amide bonds. The van der Waals surface area contributed by atoms with Crippen LogP contribution in [-0.2, 0) is 6.42 Å². The molecule has 0 saturated heterocycles. The second-order valence-corrected chi connectivity index (χ2v) is 5.33. The quantitative estimate of drug-likeness (QED) is 0.856. The van der Waals surface area contributed by atoms with Gasteiger partial charge in [0.1, 0.15) is 4.88 Å². The largest absolute Gasteiger partial charge is 0.362 e. The Labute approximate surface area is 122 Å². The van der Waals surface area contributed by atoms with Gasteiger partial charge in [-0.25, -0.2) is 4.98 Å². The van der Waals surface area contributed by atoms with Crippen molar-refractivity contribution < 1.29 is 4.79 Å². The summed E-state index contributed by atoms with van der Waals surface area (Å²) in [6.45, 7) is 5.26. The minimum atomic E-state index is -0.0620. The number of aromatic nitrogens is 2. The molecule has 0 aromatic carbocycles. The topological polar surface area (TPSA) is 66.9 Å². The number of anilines is 1. The van der Waals surface area contributed by atoms with Crippen molar-refractivity contribution in [2.75, 3.05) is 18.4 Å². The van der Waals surface area contributed by atoms with Crippen LogP contribution in [0, 0.1) is 6.92 Å². The average molecular weight is 290 g/mol. The highest BCUT2D eigenvalue weighted by Crippen LogP contribution is 2.22. The fourth-order valence-electron chi connectivity index (χ4n) is 1.78. The Hall–Kier alpha value is -1.95. The third-order valence-electron chi connectivity index (χ3n) is 2.75. The summed E-state index contributed by atoms with van der Waals surface area (Å²) in [5, 5.41) is 6.84. The fraction of sp³-hybridized carbons (Fsp3) is 0.357. The number of amides is 1. The average Bonchev–Trinajstić information content (AvgIpc) is 2.81. The molecule has 2 aromatic heterocycles. The van der Waals surface area contributed by atoms with Crippen molar-refractivity contribution in [3.63, 3.8) is 0 Å². The van der Waals surface area contributed by atoms with Crippen LogP contribution in [0.25, 0.3) is 0 Å². The van der Waals surface area contributed by atoms with Crippen molar-refractivity contribution in [2.45, 2.75) is 20.3 Å². The molecule has 0 aliphatic carbocycles. The van der Waals surface area contributed by atoms with Gasteiger partial charge in [-0.1, -0.05) is 17.4 Å². The van der Waals surface area contributed by atoms with Gasteiger partial charge in [-0.05, 0) is 31.9 Å². The Balaban J connectivity index is 1.88. The van der Waals surface area contributed by atoms with E-state index >= 15 is 0 Å². The fourth-order valence-corrected chi connectivity index (χ4v) is 2.73. The predicted octanol–water partition coefficient (Wildman–Crippen LogP) is 2.25. The normalized spacial score (nSPS) is 10.3. The minimum absolute atomic E-state index is 0.0620. The number of hydrogen-bond acceptors (Lipinski definition) is 5. The van der Waals surface area contributed by atoms with Crippen LogP contribution in [0.15, 0.2) is 24.5 Å². The highest BCUT2D eigenvalue weighted by molar-refractivity contribution is 7.17. The van der Waals surface area contributed by atoms with E-state index in [1.807, 2.05) is 32.2 Å². The molecular weight excluding hydrogens is 272 g/mol. The number of hydrogen-bond donors (Lipinski definition) is 2. The first kappa shape index (κ1) is 14.5. The van der Waals surface area contributed by atoms with Crippen molar-refractivity contribution in [2.24, 2.45) is 0 Å². The maximum absolute atomic E-state index is 12.1. The van der Waals surface area contributed by atoms with Crippen molar-refractivity contribution in [1.82, 2.24) is 15.3 Å². The predicted molar refractivity (Wildman–Crippen MR) is 81.3 cm³/mol. The molecule has 0 fully saturated rings. The summed E-state index contributed by atoms with van der Waals surface area (Å²) in [6.07, 6.45) is 4.33. The van der Waals surface area contributed by atoms with Gasteiger partial charge >= 0.3 is 0 Å². The molecule has 0 atom stereocenters. The van der Waals surface area contributed by atoms with Gasteiger partial charge in [0, 0.05) is 25.5 Å². The van der Waals surface area contributed by atoms with Crippen molar-refractivity contribution in [3.8, 4) is 0 Å². The molecule has 0 unspecified atom stereocenters. The van der Waals surface area contributed by atoms with Crippen LogP contribution in [0.2, 0.25) is 0 Å². The molecular formula is C14H18N4OS. The standard InChI is InChI=1S/C14H18N4OS/c1-3-16-14-18-10(2)12(20-14)13(19)17-8-6-11-5-4-7-15-9-11/h4-5,7,9H,3,6,8H2,1-2H3,(H,16,18)(H,17,19). The van der Waals surface area contributed by atoms with Gasteiger partial charge in [0.05, 0.1) is 5.69 Å². The molecule has 106 valence electrons. The van der Waals surface area contributed by atoms with Crippen LogP contribution in [0.4, 0.5) is 5.13 Å². The Bertz CT molecular complexity index is 568. The molecule has 0 radical (unpaired) electrons. The molecule has 2 N–H and O–H groups in total. The molecule has 0 aliphatic heterocycles. The van der Waals surface area contributed by atoms with E-state index in [4.69, 9.17) is 0 Å². The van der Waals surface area contributed by atoms with E-state index in [-0.39, 0.29) is 5.91 Å². The smallest absolute Gasteiger partial charge is 0.263 e. The van der Waals surface area contributed by atoms with Crippen molar-refractivity contribution in [3.05, 3.63) is 40.7 Å². The third kappa shape index (κ3) is 3.77. The highest BCUT2D eigenvalue weighted by atomic mass is 32.1. The Morgan fingerprint density at radius 3 is 3.00 bits per heavy atom. The molecule has 0 bridgehead atoms. The lowest BCUT2D eigenvalue weighted by molar-refractivity contribution is 0.0957. The maximum atomic E-state index is 12.1. The number of thiazole rings is 1. The first-order valence-corrected chi connectivity index (χ1v) is 7.40. The summed E-state index contributed by atoms with van der Waals surface area (Å²) in [4.78, 5) is 21.1. The number of nitrogens with one attached hydrogen (secondary N) is 2. The van der Waals surface area contributed by atoms with Crippen LogP contribution in [-0.4, -0.2) is 29.0 Å². The van der Waals surface area contributed by atoms with E-state index in [0.717, 1.165) is 29.4 Å². The SMILES string of the molecule is CCNc1nc(C)c(C(=O)NCCc2cccnc2)s1. The number of carbonyl (C=O) groups is 1. The second-order valence-electron chi connectivity index (χ2n) is 4.33. The number of aryl methyl sites for hydroxylation is 1. The van der Waals surface area contributed by atoms with E-state index in [1.165, 1.54) is 11.3 Å². The lowest BCUT2D eigenvalue weighted by Gasteiger charge is -2.03. The monoisotopic (exact) mass is 290 g/mol. The second kappa shape index (κ2) is 7.00. The van der Waals surface area contributed by atoms with Gasteiger partial charge < -0.3 is 10.6 Å². The number of rotatable bonds is 6. The summed E-state index contributed by atoms with van der Waals surface area (Å²) >= 11 is 1.39. The molecule has 2 heterocycles. The van der Waals surface area contributed by atoms with Crippen LogP contribution in [0.1, 0.15) is 27.9 Å². The van der Waals surface area contributed by atoms with Crippen LogP contribution in [0.5, 0.6) is 0 Å². The molecule has 6 heteroatoms. The summed E-state index contributed by atoms with van der Waals surface area (Å²) < 4.78 is 0. The number of pyridine rings is 1. The third-order valence-corrected chi connectivity index (χ3v) is 3.87. The summed E-state index contributed by atoms with van der Waals surface area (Å²) in [6, 6.07) is 3.90. The molecule has 0 aliphatic rings. The van der Waals surface area contributed by atoms with Gasteiger partial charge in [0.15, 0.2) is 5.13 Å². The van der Waals surface area contributed by atoms with Gasteiger partial charge in [-0.15, -0.1) is 0 Å². The number of carbonyl (C=O) groups excluding carboxylic acids is 1. The zero-order valence-electron chi connectivity index (χ0n) is 11.6. The summed E-state index contributed by atoms with van der Waals surface area (Å²) in [5.74, 6) is -0.0620. The van der Waals surface area contributed by atoms with Crippen LogP contribution in [0.3, 0.4) is 0 Å². The Morgan fingerprint density at radius 2 is 2.30 bits per heavy atom. The summed E-state index contributed by atoms with van der Waals surface area (Å²) in [5.41, 5.74) is 1.88. The Kier molecular flexibility index (Phi) is 5.06. The van der Waals surface area contributed by atoms with Gasteiger partial charge in [0.2, 0.25) is 0 Å². The zero-order chi connectivity index (χ0) is 14.4. The molecule has 2 rings (SSSR count). The highest BCUT2D eigenvalue weighted by Gasteiger charge is 2.14. The minimum Gasteiger partial charge on any atom is -0.362 e. The van der Waals surface area contributed by atoms with Crippen molar-refractivity contribution >= 4 is 22.4 Å². The summed E-state index contributed by atoms with van der Waals surface area (Å²) in [7, 11) is 0. The van der Waals surface area contributed by atoms with Crippen molar-refractivity contribution in [1.29, 1.82) is 0 Å². The number of nitrogens with zero attached hydrogens (tertiary/aromatic N) is 2. The van der Waals surface area contributed by atoms with E-state index in [2.05, 4.69) is 20.6 Å². The molecule has 0 spiro atoms. The maximum Gasteiger partial charge on any atom is 0.263 e. The molecule has 5 nitrogen and oxygen atoms in total. The molecule has 0 saturated carbocycles. The van der Waals surface area contributed by atoms with E-state index in [1.54, 1.807) is 6.20 Å². The lowest BCUT2D eigenvalue weighted by Crippen LogP contribution is -2.25. The molecule has 20 heavy (non-hydrogen) atoms. The van der Waals surface area contributed by atoms with Crippen LogP contribution < -0.4 is 10.6 Å².